The topological polar surface area (TPSA) is 88.8 Å². The number of aromatic nitrogens is 3. The monoisotopic (exact) mass is 449 g/mol. The normalized spacial score (nSPS) is 14.5. The predicted molar refractivity (Wildman–Crippen MR) is 126 cm³/mol. The van der Waals surface area contributed by atoms with Gasteiger partial charge in [0.15, 0.2) is 5.65 Å². The van der Waals surface area contributed by atoms with Gasteiger partial charge < -0.3 is 15.0 Å². The lowest BCUT2D eigenvalue weighted by Gasteiger charge is -2.31. The summed E-state index contributed by atoms with van der Waals surface area (Å²) in [5.74, 6) is 0.626. The smallest absolute Gasteiger partial charge is 0.227 e. The van der Waals surface area contributed by atoms with Crippen molar-refractivity contribution < 1.29 is 14.3 Å². The van der Waals surface area contributed by atoms with Crippen LogP contribution in [0.1, 0.15) is 41.9 Å². The average Bonchev–Trinajstić information content (AvgIpc) is 3.19. The highest BCUT2D eigenvalue weighted by Gasteiger charge is 2.28. The first-order valence-electron chi connectivity index (χ1n) is 11.4. The number of hydrogen-bond acceptors (Lipinski definition) is 5. The minimum atomic E-state index is -0.113. The summed E-state index contributed by atoms with van der Waals surface area (Å²) in [4.78, 5) is 32.1. The van der Waals surface area contributed by atoms with Crippen LogP contribution in [-0.4, -0.2) is 51.5 Å². The summed E-state index contributed by atoms with van der Waals surface area (Å²) in [7, 11) is 1.59. The molecule has 174 valence electrons. The molecule has 4 rings (SSSR count). The van der Waals surface area contributed by atoms with Gasteiger partial charge in [0.2, 0.25) is 11.8 Å². The van der Waals surface area contributed by atoms with Crippen molar-refractivity contribution in [1.29, 1.82) is 0 Å². The Labute approximate surface area is 193 Å². The molecule has 0 aliphatic carbocycles. The van der Waals surface area contributed by atoms with Gasteiger partial charge in [-0.25, -0.2) is 9.50 Å². The van der Waals surface area contributed by atoms with Crippen LogP contribution in [-0.2, 0) is 16.0 Å². The van der Waals surface area contributed by atoms with E-state index < -0.39 is 0 Å². The first-order valence-corrected chi connectivity index (χ1v) is 11.4. The Morgan fingerprint density at radius 1 is 1.15 bits per heavy atom. The van der Waals surface area contributed by atoms with E-state index >= 15 is 0 Å². The zero-order valence-corrected chi connectivity index (χ0v) is 19.7. The third-order valence-electron chi connectivity index (χ3n) is 6.46. The number of hydrogen-bond donors (Lipinski definition) is 1. The molecule has 3 heterocycles. The molecule has 1 aromatic carbocycles. The number of ether oxygens (including phenoxy) is 1. The zero-order chi connectivity index (χ0) is 23.5. The first kappa shape index (κ1) is 22.8. The van der Waals surface area contributed by atoms with E-state index in [1.54, 1.807) is 7.11 Å². The molecule has 3 aromatic rings. The Hall–Kier alpha value is -3.42. The van der Waals surface area contributed by atoms with Crippen LogP contribution in [0.3, 0.4) is 0 Å². The standard InChI is InChI=1S/C25H31N5O3/c1-16-15-23-26-17(2)20(18(3)30(23)28-16)9-10-24(31)29-13-11-19(12-14-29)25(32)27-21-7-5-6-8-22(21)33-4/h5-8,15,19H,9-14H2,1-4H3,(H,27,32). The molecule has 1 fully saturated rings. The van der Waals surface area contributed by atoms with E-state index in [1.165, 1.54) is 0 Å². The van der Waals surface area contributed by atoms with Gasteiger partial charge in [0.05, 0.1) is 18.5 Å². The van der Waals surface area contributed by atoms with Gasteiger partial charge in [0, 0.05) is 42.9 Å². The Balaban J connectivity index is 1.32. The summed E-state index contributed by atoms with van der Waals surface area (Å²) in [6.45, 7) is 7.15. The number of piperidine rings is 1. The van der Waals surface area contributed by atoms with Crippen molar-refractivity contribution >= 4 is 23.1 Å². The lowest BCUT2D eigenvalue weighted by atomic mass is 9.95. The Kier molecular flexibility index (Phi) is 6.62. The summed E-state index contributed by atoms with van der Waals surface area (Å²) >= 11 is 0. The van der Waals surface area contributed by atoms with E-state index in [2.05, 4.69) is 15.4 Å². The largest absolute Gasteiger partial charge is 0.495 e. The van der Waals surface area contributed by atoms with Gasteiger partial charge in [-0.3, -0.25) is 9.59 Å². The van der Waals surface area contributed by atoms with Gasteiger partial charge in [0.1, 0.15) is 5.75 Å². The van der Waals surface area contributed by atoms with E-state index in [-0.39, 0.29) is 17.7 Å². The first-order chi connectivity index (χ1) is 15.9. The SMILES string of the molecule is COc1ccccc1NC(=O)C1CCN(C(=O)CCc2c(C)nc3cc(C)nn3c2C)CC1. The number of para-hydroxylation sites is 2. The molecule has 0 atom stereocenters. The van der Waals surface area contributed by atoms with Gasteiger partial charge in [-0.15, -0.1) is 0 Å². The van der Waals surface area contributed by atoms with E-state index in [4.69, 9.17) is 4.74 Å². The molecule has 8 nitrogen and oxygen atoms in total. The van der Waals surface area contributed by atoms with Crippen molar-refractivity contribution in [3.05, 3.63) is 53.0 Å². The van der Waals surface area contributed by atoms with E-state index in [1.807, 2.05) is 60.5 Å². The number of methoxy groups -OCH3 is 1. The van der Waals surface area contributed by atoms with E-state index in [0.717, 1.165) is 28.3 Å². The number of benzene rings is 1. The van der Waals surface area contributed by atoms with Gasteiger partial charge >= 0.3 is 0 Å². The molecule has 1 saturated heterocycles. The minimum Gasteiger partial charge on any atom is -0.495 e. The number of nitrogens with zero attached hydrogens (tertiary/aromatic N) is 4. The molecule has 2 amide bonds. The highest BCUT2D eigenvalue weighted by Crippen LogP contribution is 2.26. The van der Waals surface area contributed by atoms with E-state index in [9.17, 15) is 9.59 Å². The summed E-state index contributed by atoms with van der Waals surface area (Å²) < 4.78 is 7.16. The number of nitrogens with one attached hydrogen (secondary N) is 1. The second kappa shape index (κ2) is 9.60. The molecule has 2 aromatic heterocycles. The van der Waals surface area contributed by atoms with Gasteiger partial charge in [-0.05, 0) is 57.7 Å². The fourth-order valence-electron chi connectivity index (χ4n) is 4.57. The van der Waals surface area contributed by atoms with Crippen molar-refractivity contribution in [2.24, 2.45) is 5.92 Å². The summed E-state index contributed by atoms with van der Waals surface area (Å²) in [5.41, 5.74) is 5.49. The third-order valence-corrected chi connectivity index (χ3v) is 6.46. The average molecular weight is 450 g/mol. The van der Waals surface area contributed by atoms with Crippen LogP contribution in [0.4, 0.5) is 5.69 Å². The second-order valence-electron chi connectivity index (χ2n) is 8.66. The molecular weight excluding hydrogens is 418 g/mol. The number of amides is 2. The number of likely N-dealkylation sites (tertiary alicyclic amines) is 1. The fraction of sp³-hybridized carbons (Fsp3) is 0.440. The maximum Gasteiger partial charge on any atom is 0.227 e. The molecule has 1 aliphatic rings. The Morgan fingerprint density at radius 3 is 2.61 bits per heavy atom. The number of rotatable bonds is 6. The predicted octanol–water partition coefficient (Wildman–Crippen LogP) is 3.47. The number of aryl methyl sites for hydroxylation is 3. The third kappa shape index (κ3) is 4.84. The van der Waals surface area contributed by atoms with Crippen LogP contribution < -0.4 is 10.1 Å². The molecule has 1 N–H and O–H groups in total. The maximum atomic E-state index is 12.9. The number of anilines is 1. The molecule has 0 radical (unpaired) electrons. The minimum absolute atomic E-state index is 0.0215. The fourth-order valence-corrected chi connectivity index (χ4v) is 4.57. The molecular formula is C25H31N5O3. The van der Waals surface area contributed by atoms with Crippen molar-refractivity contribution in [3.63, 3.8) is 0 Å². The molecule has 33 heavy (non-hydrogen) atoms. The van der Waals surface area contributed by atoms with Crippen LogP contribution in [0.15, 0.2) is 30.3 Å². The molecule has 8 heteroatoms. The van der Waals surface area contributed by atoms with Gasteiger partial charge in [0.25, 0.3) is 0 Å². The molecule has 0 saturated carbocycles. The summed E-state index contributed by atoms with van der Waals surface area (Å²) in [6, 6.07) is 9.34. The molecule has 0 unspecified atom stereocenters. The second-order valence-corrected chi connectivity index (χ2v) is 8.66. The lowest BCUT2D eigenvalue weighted by Crippen LogP contribution is -2.41. The van der Waals surface area contributed by atoms with Gasteiger partial charge in [-0.1, -0.05) is 12.1 Å². The zero-order valence-electron chi connectivity index (χ0n) is 19.7. The van der Waals surface area contributed by atoms with E-state index in [0.29, 0.717) is 50.2 Å². The number of carbonyl (C=O) groups is 2. The number of carbonyl (C=O) groups excluding carboxylic acids is 2. The van der Waals surface area contributed by atoms with Crippen LogP contribution in [0.25, 0.3) is 5.65 Å². The molecule has 1 aliphatic heterocycles. The quantitative estimate of drug-likeness (QED) is 0.622. The number of fused-ring (bicyclic) bond motifs is 1. The Bertz CT molecular complexity index is 1180. The molecule has 0 bridgehead atoms. The van der Waals surface area contributed by atoms with Crippen molar-refractivity contribution in [3.8, 4) is 5.75 Å². The maximum absolute atomic E-state index is 12.9. The Morgan fingerprint density at radius 2 is 1.88 bits per heavy atom. The van der Waals surface area contributed by atoms with Crippen LogP contribution >= 0.6 is 0 Å². The van der Waals surface area contributed by atoms with Crippen molar-refractivity contribution in [2.75, 3.05) is 25.5 Å². The van der Waals surface area contributed by atoms with Crippen molar-refractivity contribution in [1.82, 2.24) is 19.5 Å². The summed E-state index contributed by atoms with van der Waals surface area (Å²) in [6.07, 6.45) is 2.37. The highest BCUT2D eigenvalue weighted by molar-refractivity contribution is 5.94. The highest BCUT2D eigenvalue weighted by atomic mass is 16.5. The lowest BCUT2D eigenvalue weighted by molar-refractivity contribution is -0.134. The van der Waals surface area contributed by atoms with Crippen molar-refractivity contribution in [2.45, 2.75) is 46.5 Å². The van der Waals surface area contributed by atoms with Crippen LogP contribution in [0, 0.1) is 26.7 Å². The van der Waals surface area contributed by atoms with Crippen LogP contribution in [0.2, 0.25) is 0 Å². The summed E-state index contributed by atoms with van der Waals surface area (Å²) in [5, 5.41) is 7.48. The van der Waals surface area contributed by atoms with Gasteiger partial charge in [-0.2, -0.15) is 5.10 Å². The molecule has 0 spiro atoms. The van der Waals surface area contributed by atoms with Crippen LogP contribution in [0.5, 0.6) is 5.75 Å².